The molecule has 0 atom stereocenters. The van der Waals surface area contributed by atoms with Gasteiger partial charge in [-0.15, -0.1) is 0 Å². The van der Waals surface area contributed by atoms with Gasteiger partial charge in [-0.2, -0.15) is 0 Å². The largest absolute Gasteiger partial charge is 0.497 e. The predicted molar refractivity (Wildman–Crippen MR) is 127 cm³/mol. The summed E-state index contributed by atoms with van der Waals surface area (Å²) in [5.74, 6) is 0.246. The number of thioether (sulfide) groups is 1. The van der Waals surface area contributed by atoms with Gasteiger partial charge in [-0.05, 0) is 42.0 Å². The first-order chi connectivity index (χ1) is 16.0. The van der Waals surface area contributed by atoms with Crippen LogP contribution in [0.15, 0.2) is 82.7 Å². The second-order valence-electron chi connectivity index (χ2n) is 7.42. The van der Waals surface area contributed by atoms with Crippen molar-refractivity contribution in [2.75, 3.05) is 19.9 Å². The lowest BCUT2D eigenvalue weighted by atomic mass is 10.2. The minimum Gasteiger partial charge on any atom is -0.497 e. The number of ether oxygens (including phenoxy) is 1. The molecular weight excluding hydrogens is 441 g/mol. The Morgan fingerprint density at radius 3 is 2.61 bits per heavy atom. The molecule has 1 amide bonds. The second kappa shape index (κ2) is 9.87. The van der Waals surface area contributed by atoms with E-state index in [1.807, 2.05) is 6.07 Å². The van der Waals surface area contributed by atoms with Crippen LogP contribution in [0.4, 0.5) is 4.39 Å². The molecule has 0 saturated carbocycles. The Morgan fingerprint density at radius 2 is 1.85 bits per heavy atom. The van der Waals surface area contributed by atoms with Crippen molar-refractivity contribution in [3.05, 3.63) is 94.5 Å². The first-order valence-electron chi connectivity index (χ1n) is 10.2. The van der Waals surface area contributed by atoms with E-state index in [0.29, 0.717) is 34.0 Å². The molecular formula is C25H22FN3O3S. The van der Waals surface area contributed by atoms with Gasteiger partial charge in [-0.25, -0.2) is 9.37 Å². The molecule has 0 bridgehead atoms. The zero-order chi connectivity index (χ0) is 23.4. The fourth-order valence-electron chi connectivity index (χ4n) is 3.37. The summed E-state index contributed by atoms with van der Waals surface area (Å²) >= 11 is 1.19. The lowest BCUT2D eigenvalue weighted by molar-refractivity contribution is -0.127. The van der Waals surface area contributed by atoms with Gasteiger partial charge in [-0.1, -0.05) is 42.1 Å². The van der Waals surface area contributed by atoms with Crippen LogP contribution in [-0.2, 0) is 11.3 Å². The number of carbonyl (C=O) groups excluding carboxylic acids is 1. The fraction of sp³-hybridized carbons (Fsp3) is 0.160. The highest BCUT2D eigenvalue weighted by Gasteiger charge is 2.17. The smallest absolute Gasteiger partial charge is 0.266 e. The van der Waals surface area contributed by atoms with E-state index in [0.717, 1.165) is 5.56 Å². The third-order valence-corrected chi connectivity index (χ3v) is 6.06. The van der Waals surface area contributed by atoms with Gasteiger partial charge in [0.2, 0.25) is 5.91 Å². The van der Waals surface area contributed by atoms with Crippen molar-refractivity contribution in [3.8, 4) is 11.4 Å². The summed E-state index contributed by atoms with van der Waals surface area (Å²) < 4.78 is 19.9. The number of fused-ring (bicyclic) bond motifs is 1. The zero-order valence-electron chi connectivity index (χ0n) is 18.2. The fourth-order valence-corrected chi connectivity index (χ4v) is 4.33. The minimum atomic E-state index is -0.318. The molecule has 3 aromatic carbocycles. The van der Waals surface area contributed by atoms with E-state index >= 15 is 0 Å². The van der Waals surface area contributed by atoms with Gasteiger partial charge in [-0.3, -0.25) is 14.2 Å². The Morgan fingerprint density at radius 1 is 1.09 bits per heavy atom. The van der Waals surface area contributed by atoms with Crippen molar-refractivity contribution >= 4 is 28.6 Å². The number of aromatic nitrogens is 2. The van der Waals surface area contributed by atoms with Crippen LogP contribution in [0.3, 0.4) is 0 Å². The molecule has 6 nitrogen and oxygen atoms in total. The first-order valence-corrected chi connectivity index (χ1v) is 11.2. The van der Waals surface area contributed by atoms with Crippen LogP contribution >= 0.6 is 11.8 Å². The maximum atomic E-state index is 13.3. The molecule has 4 aromatic rings. The topological polar surface area (TPSA) is 64.4 Å². The molecule has 4 rings (SSSR count). The van der Waals surface area contributed by atoms with Crippen molar-refractivity contribution in [2.45, 2.75) is 11.7 Å². The number of benzene rings is 3. The summed E-state index contributed by atoms with van der Waals surface area (Å²) in [6, 6.07) is 20.3. The van der Waals surface area contributed by atoms with E-state index in [1.165, 1.54) is 28.5 Å². The van der Waals surface area contributed by atoms with E-state index in [1.54, 1.807) is 73.7 Å². The number of carbonyl (C=O) groups is 1. The quantitative estimate of drug-likeness (QED) is 0.302. The second-order valence-corrected chi connectivity index (χ2v) is 8.36. The number of para-hydroxylation sites is 1. The van der Waals surface area contributed by atoms with Crippen LogP contribution < -0.4 is 10.3 Å². The van der Waals surface area contributed by atoms with Crippen molar-refractivity contribution in [2.24, 2.45) is 0 Å². The van der Waals surface area contributed by atoms with Crippen molar-refractivity contribution in [1.82, 2.24) is 14.5 Å². The number of nitrogens with zero attached hydrogens (tertiary/aromatic N) is 3. The van der Waals surface area contributed by atoms with Gasteiger partial charge in [0.1, 0.15) is 11.6 Å². The normalized spacial score (nSPS) is 10.9. The summed E-state index contributed by atoms with van der Waals surface area (Å²) in [5.41, 5.74) is 1.78. The van der Waals surface area contributed by atoms with E-state index in [4.69, 9.17) is 4.74 Å². The Balaban J connectivity index is 1.63. The average Bonchev–Trinajstić information content (AvgIpc) is 2.84. The first kappa shape index (κ1) is 22.5. The van der Waals surface area contributed by atoms with Crippen molar-refractivity contribution < 1.29 is 13.9 Å². The van der Waals surface area contributed by atoms with Crippen LogP contribution in [0.25, 0.3) is 16.6 Å². The highest BCUT2D eigenvalue weighted by Crippen LogP contribution is 2.24. The van der Waals surface area contributed by atoms with E-state index in [2.05, 4.69) is 4.98 Å². The van der Waals surface area contributed by atoms with Crippen LogP contribution in [0.5, 0.6) is 5.75 Å². The molecule has 0 spiro atoms. The molecule has 0 saturated heterocycles. The molecule has 0 aliphatic rings. The number of rotatable bonds is 7. The molecule has 1 heterocycles. The molecule has 168 valence electrons. The molecule has 0 unspecified atom stereocenters. The van der Waals surface area contributed by atoms with Crippen LogP contribution in [0.1, 0.15) is 5.56 Å². The average molecular weight is 464 g/mol. The highest BCUT2D eigenvalue weighted by atomic mass is 32.2. The zero-order valence-corrected chi connectivity index (χ0v) is 19.0. The van der Waals surface area contributed by atoms with Crippen LogP contribution in [-0.4, -0.2) is 40.3 Å². The van der Waals surface area contributed by atoms with Gasteiger partial charge in [0, 0.05) is 19.7 Å². The van der Waals surface area contributed by atoms with Gasteiger partial charge in [0.05, 0.1) is 29.5 Å². The summed E-state index contributed by atoms with van der Waals surface area (Å²) in [6.07, 6.45) is 0. The van der Waals surface area contributed by atoms with Gasteiger partial charge < -0.3 is 9.64 Å². The number of methoxy groups -OCH3 is 1. The number of hydrogen-bond acceptors (Lipinski definition) is 5. The Bertz CT molecular complexity index is 1360. The van der Waals surface area contributed by atoms with Gasteiger partial charge in [0.15, 0.2) is 5.16 Å². The Kier molecular flexibility index (Phi) is 6.74. The molecule has 1 aromatic heterocycles. The number of hydrogen-bond donors (Lipinski definition) is 0. The molecule has 33 heavy (non-hydrogen) atoms. The Hall–Kier alpha value is -3.65. The Labute approximate surface area is 194 Å². The predicted octanol–water partition coefficient (Wildman–Crippen LogP) is 4.28. The van der Waals surface area contributed by atoms with Crippen LogP contribution in [0, 0.1) is 5.82 Å². The molecule has 0 aliphatic carbocycles. The summed E-state index contributed by atoms with van der Waals surface area (Å²) in [6.45, 7) is 0.355. The monoisotopic (exact) mass is 463 g/mol. The van der Waals surface area contributed by atoms with Gasteiger partial charge >= 0.3 is 0 Å². The molecule has 8 heteroatoms. The van der Waals surface area contributed by atoms with Crippen molar-refractivity contribution in [1.29, 1.82) is 0 Å². The SMILES string of the molecule is COc1cccc(-n2c(SCC(=O)N(C)Cc3ccc(F)cc3)nc3ccccc3c2=O)c1. The summed E-state index contributed by atoms with van der Waals surface area (Å²) in [4.78, 5) is 32.4. The van der Waals surface area contributed by atoms with Crippen LogP contribution in [0.2, 0.25) is 0 Å². The maximum Gasteiger partial charge on any atom is 0.266 e. The highest BCUT2D eigenvalue weighted by molar-refractivity contribution is 7.99. The van der Waals surface area contributed by atoms with E-state index in [-0.39, 0.29) is 23.0 Å². The van der Waals surface area contributed by atoms with E-state index in [9.17, 15) is 14.0 Å². The van der Waals surface area contributed by atoms with Crippen molar-refractivity contribution in [3.63, 3.8) is 0 Å². The lowest BCUT2D eigenvalue weighted by Gasteiger charge is -2.18. The number of amides is 1. The molecule has 0 radical (unpaired) electrons. The summed E-state index contributed by atoms with van der Waals surface area (Å²) in [7, 11) is 3.25. The lowest BCUT2D eigenvalue weighted by Crippen LogP contribution is -2.28. The van der Waals surface area contributed by atoms with Gasteiger partial charge in [0.25, 0.3) is 5.56 Å². The van der Waals surface area contributed by atoms with E-state index < -0.39 is 0 Å². The third kappa shape index (κ3) is 5.06. The third-order valence-electron chi connectivity index (χ3n) is 5.14. The molecule has 0 fully saturated rings. The maximum absolute atomic E-state index is 13.3. The summed E-state index contributed by atoms with van der Waals surface area (Å²) in [5, 5.41) is 0.903. The molecule has 0 N–H and O–H groups in total. The number of halogens is 1. The standard InChI is InChI=1S/C25H22FN3O3S/c1-28(15-17-10-12-18(26)13-11-17)23(30)16-33-25-27-22-9-4-3-8-21(22)24(31)29(25)19-6-5-7-20(14-19)32-2/h3-14H,15-16H2,1-2H3. The minimum absolute atomic E-state index is 0.0897. The molecule has 0 aliphatic heterocycles.